The van der Waals surface area contributed by atoms with Crippen molar-refractivity contribution in [2.24, 2.45) is 5.10 Å². The van der Waals surface area contributed by atoms with Crippen molar-refractivity contribution in [2.75, 3.05) is 19.2 Å². The summed E-state index contributed by atoms with van der Waals surface area (Å²) in [4.78, 5) is 13.4. The lowest BCUT2D eigenvalue weighted by atomic mass is 10.0. The number of para-hydroxylation sites is 1. The van der Waals surface area contributed by atoms with Gasteiger partial charge in [0.05, 0.1) is 18.4 Å². The Kier molecular flexibility index (Phi) is 4.71. The molecule has 5 rings (SSSR count). The Morgan fingerprint density at radius 2 is 1.84 bits per heavy atom. The highest BCUT2D eigenvalue weighted by Crippen LogP contribution is 2.38. The molecule has 0 saturated carbocycles. The highest BCUT2D eigenvalue weighted by Gasteiger charge is 2.34. The fourth-order valence-corrected chi connectivity index (χ4v) is 3.71. The summed E-state index contributed by atoms with van der Waals surface area (Å²) >= 11 is 0. The van der Waals surface area contributed by atoms with Crippen molar-refractivity contribution in [1.82, 2.24) is 5.01 Å². The van der Waals surface area contributed by atoms with Gasteiger partial charge >= 0.3 is 0 Å². The van der Waals surface area contributed by atoms with Gasteiger partial charge in [-0.1, -0.05) is 18.2 Å². The number of hydrogen-bond donors (Lipinski definition) is 1. The Labute approximate surface area is 179 Å². The predicted molar refractivity (Wildman–Crippen MR) is 117 cm³/mol. The molecule has 1 amide bonds. The van der Waals surface area contributed by atoms with E-state index in [2.05, 4.69) is 5.32 Å². The predicted octanol–water partition coefficient (Wildman–Crippen LogP) is 4.41. The van der Waals surface area contributed by atoms with E-state index in [4.69, 9.17) is 19.3 Å². The van der Waals surface area contributed by atoms with Crippen LogP contribution in [0.5, 0.6) is 17.2 Å². The van der Waals surface area contributed by atoms with E-state index in [1.165, 1.54) is 5.01 Å². The molecule has 1 atom stereocenters. The molecule has 0 fully saturated rings. The molecular weight excluding hydrogens is 394 g/mol. The maximum atomic E-state index is 13.4. The van der Waals surface area contributed by atoms with Gasteiger partial charge in [-0.25, -0.2) is 5.01 Å². The summed E-state index contributed by atoms with van der Waals surface area (Å²) in [5.41, 5.74) is 3.80. The summed E-state index contributed by atoms with van der Waals surface area (Å²) in [6.45, 7) is 2.07. The van der Waals surface area contributed by atoms with Crippen molar-refractivity contribution < 1.29 is 19.0 Å². The lowest BCUT2D eigenvalue weighted by Crippen LogP contribution is -2.40. The molecule has 3 aromatic carbocycles. The summed E-state index contributed by atoms with van der Waals surface area (Å²) in [5, 5.41) is 9.65. The van der Waals surface area contributed by atoms with Gasteiger partial charge in [-0.3, -0.25) is 4.79 Å². The number of carbonyl (C=O) groups excluding carboxylic acids is 1. The van der Waals surface area contributed by atoms with Crippen LogP contribution in [0.25, 0.3) is 0 Å². The Bertz CT molecular complexity index is 1170. The van der Waals surface area contributed by atoms with Gasteiger partial charge in [0.2, 0.25) is 6.79 Å². The number of nitrogens with zero attached hydrogens (tertiary/aromatic N) is 2. The molecule has 0 unspecified atom stereocenters. The lowest BCUT2D eigenvalue weighted by molar-refractivity contribution is 0.0689. The van der Waals surface area contributed by atoms with Crippen molar-refractivity contribution in [3.8, 4) is 17.2 Å². The first-order chi connectivity index (χ1) is 15.1. The van der Waals surface area contributed by atoms with Crippen LogP contribution < -0.4 is 19.5 Å². The molecule has 0 aliphatic carbocycles. The second-order valence-electron chi connectivity index (χ2n) is 7.27. The largest absolute Gasteiger partial charge is 0.497 e. The van der Waals surface area contributed by atoms with Crippen LogP contribution in [0.3, 0.4) is 0 Å². The number of methoxy groups -OCH3 is 1. The molecule has 0 aromatic heterocycles. The molecule has 0 bridgehead atoms. The molecule has 2 aliphatic rings. The SMILES string of the molecule is COc1ccc(/C(C)=N\N2C(=O)c3ccccc3N[C@H]2c2ccc3c(c2)OCO3)cc1. The highest BCUT2D eigenvalue weighted by molar-refractivity contribution is 6.04. The van der Waals surface area contributed by atoms with Crippen molar-refractivity contribution in [3.63, 3.8) is 0 Å². The standard InChI is InChI=1S/C24H21N3O4/c1-15(16-7-10-18(29-2)11-8-16)26-27-23(17-9-12-21-22(13-17)31-14-30-21)25-20-6-4-3-5-19(20)24(27)28/h3-13,23,25H,14H2,1-2H3/b26-15-/t23-/m1/s1. The molecule has 0 saturated heterocycles. The van der Waals surface area contributed by atoms with Crippen LogP contribution in [-0.4, -0.2) is 30.5 Å². The minimum Gasteiger partial charge on any atom is -0.497 e. The highest BCUT2D eigenvalue weighted by atomic mass is 16.7. The van der Waals surface area contributed by atoms with Crippen molar-refractivity contribution in [2.45, 2.75) is 13.1 Å². The van der Waals surface area contributed by atoms with E-state index in [9.17, 15) is 4.79 Å². The van der Waals surface area contributed by atoms with Gasteiger partial charge < -0.3 is 19.5 Å². The average Bonchev–Trinajstić information content (AvgIpc) is 3.28. The number of rotatable bonds is 4. The summed E-state index contributed by atoms with van der Waals surface area (Å²) in [7, 11) is 1.63. The molecule has 2 aliphatic heterocycles. The van der Waals surface area contributed by atoms with E-state index in [-0.39, 0.29) is 12.7 Å². The summed E-state index contributed by atoms with van der Waals surface area (Å²) in [5.74, 6) is 1.93. The molecule has 0 spiro atoms. The molecule has 0 radical (unpaired) electrons. The van der Waals surface area contributed by atoms with Gasteiger partial charge in [-0.05, 0) is 61.0 Å². The van der Waals surface area contributed by atoms with Gasteiger partial charge in [-0.15, -0.1) is 0 Å². The first-order valence-electron chi connectivity index (χ1n) is 9.92. The van der Waals surface area contributed by atoms with E-state index in [0.29, 0.717) is 22.8 Å². The lowest BCUT2D eigenvalue weighted by Gasteiger charge is -2.35. The molecule has 3 aromatic rings. The fourth-order valence-electron chi connectivity index (χ4n) is 3.71. The number of benzene rings is 3. The van der Waals surface area contributed by atoms with E-state index in [1.807, 2.05) is 67.6 Å². The molecule has 1 N–H and O–H groups in total. The van der Waals surface area contributed by atoms with Crippen LogP contribution in [0.2, 0.25) is 0 Å². The number of hydrogen-bond acceptors (Lipinski definition) is 6. The number of hydrazone groups is 1. The zero-order chi connectivity index (χ0) is 21.4. The minimum atomic E-state index is -0.495. The Morgan fingerprint density at radius 3 is 2.65 bits per heavy atom. The first-order valence-corrected chi connectivity index (χ1v) is 9.92. The number of nitrogens with one attached hydrogen (secondary N) is 1. The maximum Gasteiger partial charge on any atom is 0.278 e. The van der Waals surface area contributed by atoms with E-state index < -0.39 is 6.17 Å². The van der Waals surface area contributed by atoms with Gasteiger partial charge in [-0.2, -0.15) is 5.10 Å². The van der Waals surface area contributed by atoms with E-state index >= 15 is 0 Å². The summed E-state index contributed by atoms with van der Waals surface area (Å²) in [6, 6.07) is 20.7. The van der Waals surface area contributed by atoms with Crippen LogP contribution in [0, 0.1) is 0 Å². The van der Waals surface area contributed by atoms with E-state index in [1.54, 1.807) is 13.2 Å². The van der Waals surface area contributed by atoms with E-state index in [0.717, 1.165) is 22.6 Å². The third-order valence-corrected chi connectivity index (χ3v) is 5.38. The van der Waals surface area contributed by atoms with Crippen LogP contribution in [0.4, 0.5) is 5.69 Å². The number of amides is 1. The average molecular weight is 415 g/mol. The first kappa shape index (κ1) is 19.0. The molecule has 156 valence electrons. The van der Waals surface area contributed by atoms with Crippen LogP contribution in [-0.2, 0) is 0 Å². The smallest absolute Gasteiger partial charge is 0.278 e. The number of carbonyl (C=O) groups is 1. The molecule has 2 heterocycles. The second-order valence-corrected chi connectivity index (χ2v) is 7.27. The third kappa shape index (κ3) is 3.44. The molecule has 7 nitrogen and oxygen atoms in total. The van der Waals surface area contributed by atoms with Crippen LogP contribution in [0.15, 0.2) is 71.8 Å². The number of ether oxygens (including phenoxy) is 3. The molecular formula is C24H21N3O4. The van der Waals surface area contributed by atoms with Gasteiger partial charge in [0, 0.05) is 11.3 Å². The quantitative estimate of drug-likeness (QED) is 0.639. The van der Waals surface area contributed by atoms with Gasteiger partial charge in [0.15, 0.2) is 17.7 Å². The second kappa shape index (κ2) is 7.68. The normalized spacial score (nSPS) is 17.2. The Morgan fingerprint density at radius 1 is 1.06 bits per heavy atom. The van der Waals surface area contributed by atoms with Crippen LogP contribution in [0.1, 0.15) is 34.6 Å². The number of fused-ring (bicyclic) bond motifs is 2. The zero-order valence-electron chi connectivity index (χ0n) is 17.2. The van der Waals surface area contributed by atoms with Crippen molar-refractivity contribution in [1.29, 1.82) is 0 Å². The maximum absolute atomic E-state index is 13.4. The third-order valence-electron chi connectivity index (χ3n) is 5.38. The number of anilines is 1. The van der Waals surface area contributed by atoms with Crippen molar-refractivity contribution >= 4 is 17.3 Å². The summed E-state index contributed by atoms with van der Waals surface area (Å²) in [6.07, 6.45) is -0.495. The van der Waals surface area contributed by atoms with Gasteiger partial charge in [0.1, 0.15) is 5.75 Å². The summed E-state index contributed by atoms with van der Waals surface area (Å²) < 4.78 is 16.2. The topological polar surface area (TPSA) is 72.4 Å². The Balaban J connectivity index is 1.56. The molecule has 7 heteroatoms. The zero-order valence-corrected chi connectivity index (χ0v) is 17.2. The Hall–Kier alpha value is -4.00. The molecule has 31 heavy (non-hydrogen) atoms. The monoisotopic (exact) mass is 415 g/mol. The minimum absolute atomic E-state index is 0.176. The van der Waals surface area contributed by atoms with Crippen molar-refractivity contribution in [3.05, 3.63) is 83.4 Å². The van der Waals surface area contributed by atoms with Gasteiger partial charge in [0.25, 0.3) is 5.91 Å². The fraction of sp³-hybridized carbons (Fsp3) is 0.167. The van der Waals surface area contributed by atoms with Crippen LogP contribution >= 0.6 is 0 Å².